The number of hydrogen-bond acceptors (Lipinski definition) is 3. The number of aliphatic carboxylic acids is 1. The van der Waals surface area contributed by atoms with Gasteiger partial charge in [-0.1, -0.05) is 12.1 Å². The molecule has 1 aliphatic rings. The highest BCUT2D eigenvalue weighted by Crippen LogP contribution is 2.25. The number of likely N-dealkylation sites (tertiary alicyclic amines) is 1. The molecule has 1 atom stereocenters. The minimum Gasteiger partial charge on any atom is -0.493 e. The van der Waals surface area contributed by atoms with Crippen molar-refractivity contribution in [1.82, 2.24) is 4.90 Å². The summed E-state index contributed by atoms with van der Waals surface area (Å²) in [4.78, 5) is 24.9. The largest absolute Gasteiger partial charge is 0.493 e. The topological polar surface area (TPSA) is 66.8 Å². The standard InChI is InChI=1S/C15H19NO4/c1-2-20-13-6-4-3-5-12(13)15(19)16-8-7-11(10-16)9-14(17)18/h3-6,11H,2,7-10H2,1H3,(H,17,18). The second kappa shape index (κ2) is 6.41. The lowest BCUT2D eigenvalue weighted by Gasteiger charge is -2.18. The Morgan fingerprint density at radius 2 is 2.15 bits per heavy atom. The molecule has 0 saturated carbocycles. The lowest BCUT2D eigenvalue weighted by molar-refractivity contribution is -0.138. The van der Waals surface area contributed by atoms with Gasteiger partial charge in [0, 0.05) is 19.5 Å². The highest BCUT2D eigenvalue weighted by Gasteiger charge is 2.29. The van der Waals surface area contributed by atoms with Crippen molar-refractivity contribution in [2.45, 2.75) is 19.8 Å². The smallest absolute Gasteiger partial charge is 0.303 e. The third-order valence-electron chi connectivity index (χ3n) is 3.45. The fourth-order valence-electron chi connectivity index (χ4n) is 2.53. The maximum atomic E-state index is 12.5. The van der Waals surface area contributed by atoms with E-state index >= 15 is 0 Å². The number of carboxylic acid groups (broad SMARTS) is 1. The number of benzene rings is 1. The zero-order chi connectivity index (χ0) is 14.5. The van der Waals surface area contributed by atoms with Gasteiger partial charge >= 0.3 is 5.97 Å². The van der Waals surface area contributed by atoms with Gasteiger partial charge in [-0.25, -0.2) is 0 Å². The molecule has 108 valence electrons. The molecule has 5 heteroatoms. The van der Waals surface area contributed by atoms with Crippen molar-refractivity contribution in [2.75, 3.05) is 19.7 Å². The lowest BCUT2D eigenvalue weighted by atomic mass is 10.1. The van der Waals surface area contributed by atoms with Crippen LogP contribution in [0.5, 0.6) is 5.75 Å². The number of amides is 1. The quantitative estimate of drug-likeness (QED) is 0.894. The Morgan fingerprint density at radius 3 is 2.85 bits per heavy atom. The number of rotatable bonds is 5. The molecule has 1 saturated heterocycles. The van der Waals surface area contributed by atoms with Crippen molar-refractivity contribution >= 4 is 11.9 Å². The Labute approximate surface area is 118 Å². The SMILES string of the molecule is CCOc1ccccc1C(=O)N1CCC(CC(=O)O)C1. The molecule has 2 rings (SSSR count). The molecule has 1 N–H and O–H groups in total. The molecule has 1 aromatic carbocycles. The highest BCUT2D eigenvalue weighted by atomic mass is 16.5. The van der Waals surface area contributed by atoms with E-state index in [9.17, 15) is 9.59 Å². The summed E-state index contributed by atoms with van der Waals surface area (Å²) < 4.78 is 5.47. The molecule has 1 aliphatic heterocycles. The van der Waals surface area contributed by atoms with Crippen molar-refractivity contribution in [3.8, 4) is 5.75 Å². The zero-order valence-electron chi connectivity index (χ0n) is 11.5. The molecule has 0 aliphatic carbocycles. The highest BCUT2D eigenvalue weighted by molar-refractivity contribution is 5.97. The minimum atomic E-state index is -0.806. The van der Waals surface area contributed by atoms with Gasteiger partial charge in [0.25, 0.3) is 5.91 Å². The molecule has 1 aromatic rings. The van der Waals surface area contributed by atoms with Crippen LogP contribution in [-0.4, -0.2) is 41.6 Å². The first kappa shape index (κ1) is 14.4. The third-order valence-corrected chi connectivity index (χ3v) is 3.45. The van der Waals surface area contributed by atoms with Crippen molar-refractivity contribution in [2.24, 2.45) is 5.92 Å². The number of carbonyl (C=O) groups is 2. The maximum absolute atomic E-state index is 12.5. The predicted molar refractivity (Wildman–Crippen MR) is 73.9 cm³/mol. The van der Waals surface area contributed by atoms with Gasteiger partial charge in [0.05, 0.1) is 12.2 Å². The molecule has 0 bridgehead atoms. The zero-order valence-corrected chi connectivity index (χ0v) is 11.5. The molecule has 1 fully saturated rings. The van der Waals surface area contributed by atoms with Gasteiger partial charge in [0.2, 0.25) is 0 Å². The normalized spacial score (nSPS) is 18.1. The summed E-state index contributed by atoms with van der Waals surface area (Å²) in [6, 6.07) is 7.17. The van der Waals surface area contributed by atoms with Crippen LogP contribution in [0.2, 0.25) is 0 Å². The van der Waals surface area contributed by atoms with E-state index in [1.807, 2.05) is 13.0 Å². The first-order valence-electron chi connectivity index (χ1n) is 6.84. The minimum absolute atomic E-state index is 0.0516. The predicted octanol–water partition coefficient (Wildman–Crippen LogP) is 2.02. The van der Waals surface area contributed by atoms with E-state index in [0.717, 1.165) is 6.42 Å². The summed E-state index contributed by atoms with van der Waals surface area (Å²) in [7, 11) is 0. The van der Waals surface area contributed by atoms with Gasteiger partial charge in [0.1, 0.15) is 5.75 Å². The summed E-state index contributed by atoms with van der Waals surface area (Å²) in [5.74, 6) is -0.252. The lowest BCUT2D eigenvalue weighted by Crippen LogP contribution is -2.29. The maximum Gasteiger partial charge on any atom is 0.303 e. The summed E-state index contributed by atoms with van der Waals surface area (Å²) in [5.41, 5.74) is 0.547. The number of ether oxygens (including phenoxy) is 1. The molecule has 0 spiro atoms. The molecular weight excluding hydrogens is 258 g/mol. The van der Waals surface area contributed by atoms with E-state index in [1.165, 1.54) is 0 Å². The van der Waals surface area contributed by atoms with Gasteiger partial charge in [-0.15, -0.1) is 0 Å². The van der Waals surface area contributed by atoms with Crippen LogP contribution in [0.4, 0.5) is 0 Å². The monoisotopic (exact) mass is 277 g/mol. The molecule has 1 amide bonds. The summed E-state index contributed by atoms with van der Waals surface area (Å²) in [6.07, 6.45) is 0.867. The molecule has 20 heavy (non-hydrogen) atoms. The summed E-state index contributed by atoms with van der Waals surface area (Å²) in [6.45, 7) is 3.49. The van der Waals surface area contributed by atoms with Crippen LogP contribution < -0.4 is 4.74 Å². The average Bonchev–Trinajstić information content (AvgIpc) is 2.86. The van der Waals surface area contributed by atoms with Crippen LogP contribution in [0.1, 0.15) is 30.1 Å². The molecule has 0 radical (unpaired) electrons. The Balaban J connectivity index is 2.07. The van der Waals surface area contributed by atoms with Crippen LogP contribution in [0.15, 0.2) is 24.3 Å². The number of carboxylic acids is 1. The van der Waals surface area contributed by atoms with E-state index in [2.05, 4.69) is 0 Å². The fourth-order valence-corrected chi connectivity index (χ4v) is 2.53. The van der Waals surface area contributed by atoms with E-state index in [0.29, 0.717) is 31.0 Å². The number of hydrogen-bond donors (Lipinski definition) is 1. The van der Waals surface area contributed by atoms with Gasteiger partial charge in [-0.05, 0) is 31.4 Å². The van der Waals surface area contributed by atoms with Crippen molar-refractivity contribution in [3.63, 3.8) is 0 Å². The Hall–Kier alpha value is -2.04. The Bertz CT molecular complexity index is 500. The van der Waals surface area contributed by atoms with Crippen LogP contribution in [-0.2, 0) is 4.79 Å². The van der Waals surface area contributed by atoms with E-state index < -0.39 is 5.97 Å². The van der Waals surface area contributed by atoms with Gasteiger partial charge in [-0.3, -0.25) is 9.59 Å². The second-order valence-corrected chi connectivity index (χ2v) is 4.93. The summed E-state index contributed by atoms with van der Waals surface area (Å²) >= 11 is 0. The molecular formula is C15H19NO4. The first-order chi connectivity index (χ1) is 9.61. The van der Waals surface area contributed by atoms with Crippen LogP contribution >= 0.6 is 0 Å². The van der Waals surface area contributed by atoms with Gasteiger partial charge < -0.3 is 14.7 Å². The number of para-hydroxylation sites is 1. The fraction of sp³-hybridized carbons (Fsp3) is 0.467. The van der Waals surface area contributed by atoms with Crippen molar-refractivity contribution < 1.29 is 19.4 Å². The average molecular weight is 277 g/mol. The van der Waals surface area contributed by atoms with E-state index in [4.69, 9.17) is 9.84 Å². The Morgan fingerprint density at radius 1 is 1.40 bits per heavy atom. The number of carbonyl (C=O) groups excluding carboxylic acids is 1. The van der Waals surface area contributed by atoms with Crippen LogP contribution in [0.3, 0.4) is 0 Å². The van der Waals surface area contributed by atoms with Crippen LogP contribution in [0, 0.1) is 5.92 Å². The molecule has 1 heterocycles. The van der Waals surface area contributed by atoms with Gasteiger partial charge in [-0.2, -0.15) is 0 Å². The van der Waals surface area contributed by atoms with Crippen molar-refractivity contribution in [3.05, 3.63) is 29.8 Å². The van der Waals surface area contributed by atoms with Gasteiger partial charge in [0.15, 0.2) is 0 Å². The van der Waals surface area contributed by atoms with Crippen LogP contribution in [0.25, 0.3) is 0 Å². The number of nitrogens with zero attached hydrogens (tertiary/aromatic N) is 1. The Kier molecular flexibility index (Phi) is 4.61. The first-order valence-corrected chi connectivity index (χ1v) is 6.84. The molecule has 5 nitrogen and oxygen atoms in total. The molecule has 1 unspecified atom stereocenters. The third kappa shape index (κ3) is 3.29. The second-order valence-electron chi connectivity index (χ2n) is 4.93. The molecule has 0 aromatic heterocycles. The van der Waals surface area contributed by atoms with Crippen molar-refractivity contribution in [1.29, 1.82) is 0 Å². The summed E-state index contributed by atoms with van der Waals surface area (Å²) in [5, 5.41) is 8.81. The van der Waals surface area contributed by atoms with E-state index in [-0.39, 0.29) is 18.2 Å². The van der Waals surface area contributed by atoms with E-state index in [1.54, 1.807) is 23.1 Å².